The second kappa shape index (κ2) is 13.8. The molecule has 1 aliphatic heterocycles. The minimum Gasteiger partial charge on any atom is -0.445 e. The lowest BCUT2D eigenvalue weighted by atomic mass is 10.0. The van der Waals surface area contributed by atoms with Crippen LogP contribution in [0.2, 0.25) is 0 Å². The SMILES string of the molecule is O=C(NC(Cc1ccc(C(F)(F)P(=O)(O)O)cc1)C(=O)NCCCN1CCOCC1)OCc1ccccc1. The third-order valence-electron chi connectivity index (χ3n) is 5.98. The van der Waals surface area contributed by atoms with Crippen LogP contribution in [0.3, 0.4) is 0 Å². The summed E-state index contributed by atoms with van der Waals surface area (Å²) in [5.74, 6) is -0.478. The third-order valence-corrected chi connectivity index (χ3v) is 6.97. The van der Waals surface area contributed by atoms with Gasteiger partial charge in [0.1, 0.15) is 12.6 Å². The van der Waals surface area contributed by atoms with Crippen molar-refractivity contribution < 1.29 is 42.2 Å². The molecule has 2 aromatic rings. The first-order chi connectivity index (χ1) is 18.1. The fourth-order valence-electron chi connectivity index (χ4n) is 3.82. The highest BCUT2D eigenvalue weighted by molar-refractivity contribution is 7.52. The van der Waals surface area contributed by atoms with Crippen LogP contribution in [0.1, 0.15) is 23.1 Å². The summed E-state index contributed by atoms with van der Waals surface area (Å²) in [6, 6.07) is 12.1. The van der Waals surface area contributed by atoms with E-state index in [1.165, 1.54) is 12.1 Å². The number of nitrogens with one attached hydrogen (secondary N) is 2. The Morgan fingerprint density at radius 3 is 2.34 bits per heavy atom. The fraction of sp³-hybridized carbons (Fsp3) is 0.440. The number of nitrogens with zero attached hydrogens (tertiary/aromatic N) is 1. The summed E-state index contributed by atoms with van der Waals surface area (Å²) in [4.78, 5) is 45.5. The molecular formula is C25H32F2N3O7P. The third kappa shape index (κ3) is 8.85. The Morgan fingerprint density at radius 1 is 1.05 bits per heavy atom. The van der Waals surface area contributed by atoms with Gasteiger partial charge in [-0.15, -0.1) is 0 Å². The molecule has 0 radical (unpaired) electrons. The van der Waals surface area contributed by atoms with Gasteiger partial charge in [-0.05, 0) is 24.1 Å². The zero-order valence-corrected chi connectivity index (χ0v) is 21.6. The van der Waals surface area contributed by atoms with Gasteiger partial charge in [0, 0.05) is 31.6 Å². The zero-order chi connectivity index (χ0) is 27.6. The molecule has 1 unspecified atom stereocenters. The molecule has 1 fully saturated rings. The molecule has 208 valence electrons. The average molecular weight is 556 g/mol. The molecule has 4 N–H and O–H groups in total. The van der Waals surface area contributed by atoms with E-state index >= 15 is 0 Å². The van der Waals surface area contributed by atoms with Crippen LogP contribution in [0.25, 0.3) is 0 Å². The second-order valence-corrected chi connectivity index (χ2v) is 10.5. The van der Waals surface area contributed by atoms with Crippen molar-refractivity contribution in [3.05, 3.63) is 71.3 Å². The van der Waals surface area contributed by atoms with Crippen molar-refractivity contribution in [1.82, 2.24) is 15.5 Å². The van der Waals surface area contributed by atoms with Gasteiger partial charge in [-0.25, -0.2) is 4.79 Å². The van der Waals surface area contributed by atoms with Gasteiger partial charge in [-0.2, -0.15) is 8.78 Å². The molecule has 1 saturated heterocycles. The fourth-order valence-corrected chi connectivity index (χ4v) is 4.31. The van der Waals surface area contributed by atoms with Gasteiger partial charge in [0.15, 0.2) is 0 Å². The maximum Gasteiger partial charge on any atom is 0.408 e. The van der Waals surface area contributed by atoms with Crippen LogP contribution < -0.4 is 10.6 Å². The highest BCUT2D eigenvalue weighted by Gasteiger charge is 2.50. The number of amides is 2. The van der Waals surface area contributed by atoms with E-state index in [0.717, 1.165) is 37.3 Å². The number of ether oxygens (including phenoxy) is 2. The molecule has 0 aromatic heterocycles. The largest absolute Gasteiger partial charge is 0.445 e. The number of rotatable bonds is 12. The van der Waals surface area contributed by atoms with Gasteiger partial charge in [0.05, 0.1) is 13.2 Å². The number of alkyl halides is 2. The molecule has 2 amide bonds. The van der Waals surface area contributed by atoms with Gasteiger partial charge in [0.2, 0.25) is 5.91 Å². The molecule has 38 heavy (non-hydrogen) atoms. The average Bonchev–Trinajstić information content (AvgIpc) is 2.90. The van der Waals surface area contributed by atoms with Crippen molar-refractivity contribution in [2.45, 2.75) is 31.2 Å². The molecule has 1 aliphatic rings. The van der Waals surface area contributed by atoms with Crippen molar-refractivity contribution in [3.8, 4) is 0 Å². The van der Waals surface area contributed by atoms with Crippen LogP contribution in [0, 0.1) is 0 Å². The maximum absolute atomic E-state index is 14.0. The van der Waals surface area contributed by atoms with Crippen molar-refractivity contribution >= 4 is 19.6 Å². The molecular weight excluding hydrogens is 523 g/mol. The summed E-state index contributed by atoms with van der Waals surface area (Å²) in [5.41, 5.74) is -4.04. The Bertz CT molecular complexity index is 1090. The van der Waals surface area contributed by atoms with E-state index in [-0.39, 0.29) is 13.0 Å². The number of morpholine rings is 1. The van der Waals surface area contributed by atoms with Crippen molar-refractivity contribution in [3.63, 3.8) is 0 Å². The topological polar surface area (TPSA) is 137 Å². The predicted octanol–water partition coefficient (Wildman–Crippen LogP) is 2.59. The number of halogens is 2. The normalized spacial score (nSPS) is 15.5. The standard InChI is InChI=1S/C25H32F2N3O7P/c26-25(27,38(33,34)35)21-9-7-19(8-10-21)17-22(29-24(32)37-18-20-5-2-1-3-6-20)23(31)28-11-4-12-30-13-15-36-16-14-30/h1-3,5-10,22H,4,11-18H2,(H,28,31)(H,29,32)(H2,33,34,35). The van der Waals surface area contributed by atoms with Crippen LogP contribution in [0.4, 0.5) is 13.6 Å². The second-order valence-electron chi connectivity index (χ2n) is 8.84. The summed E-state index contributed by atoms with van der Waals surface area (Å²) in [6.07, 6.45) is -0.201. The van der Waals surface area contributed by atoms with Crippen LogP contribution in [0.15, 0.2) is 54.6 Å². The van der Waals surface area contributed by atoms with Crippen molar-refractivity contribution in [1.29, 1.82) is 0 Å². The van der Waals surface area contributed by atoms with E-state index < -0.39 is 36.9 Å². The molecule has 13 heteroatoms. The minimum absolute atomic E-state index is 0.00723. The Morgan fingerprint density at radius 2 is 1.71 bits per heavy atom. The van der Waals surface area contributed by atoms with Gasteiger partial charge in [-0.3, -0.25) is 14.3 Å². The van der Waals surface area contributed by atoms with Crippen molar-refractivity contribution in [2.75, 3.05) is 39.4 Å². The van der Waals surface area contributed by atoms with Crippen LogP contribution >= 0.6 is 7.60 Å². The van der Waals surface area contributed by atoms with Crippen molar-refractivity contribution in [2.24, 2.45) is 0 Å². The number of hydrogen-bond donors (Lipinski definition) is 4. The first-order valence-electron chi connectivity index (χ1n) is 12.1. The van der Waals surface area contributed by atoms with Crippen LogP contribution in [-0.2, 0) is 37.5 Å². The minimum atomic E-state index is -5.71. The lowest BCUT2D eigenvalue weighted by Crippen LogP contribution is -2.48. The lowest BCUT2D eigenvalue weighted by Gasteiger charge is -2.26. The molecule has 2 aromatic carbocycles. The molecule has 0 spiro atoms. The van der Waals surface area contributed by atoms with E-state index in [1.807, 2.05) is 6.07 Å². The summed E-state index contributed by atoms with van der Waals surface area (Å²) >= 11 is 0. The number of carbonyl (C=O) groups is 2. The summed E-state index contributed by atoms with van der Waals surface area (Å²) in [5, 5.41) is 5.31. The van der Waals surface area contributed by atoms with E-state index in [2.05, 4.69) is 15.5 Å². The zero-order valence-electron chi connectivity index (χ0n) is 20.7. The number of hydrogen-bond acceptors (Lipinski definition) is 6. The Hall–Kier alpha value is -2.89. The number of alkyl carbamates (subject to hydrolysis) is 1. The molecule has 0 saturated carbocycles. The first-order valence-corrected chi connectivity index (χ1v) is 13.8. The summed E-state index contributed by atoms with van der Waals surface area (Å²) < 4.78 is 49.6. The van der Waals surface area contributed by atoms with E-state index in [1.54, 1.807) is 24.3 Å². The highest BCUT2D eigenvalue weighted by Crippen LogP contribution is 2.59. The Kier molecular flexibility index (Phi) is 10.7. The van der Waals surface area contributed by atoms with Crippen LogP contribution in [0.5, 0.6) is 0 Å². The molecule has 0 bridgehead atoms. The monoisotopic (exact) mass is 555 g/mol. The smallest absolute Gasteiger partial charge is 0.408 e. The van der Waals surface area contributed by atoms with Gasteiger partial charge >= 0.3 is 19.4 Å². The molecule has 10 nitrogen and oxygen atoms in total. The number of benzene rings is 2. The quantitative estimate of drug-likeness (QED) is 0.232. The first kappa shape index (κ1) is 29.7. The molecule has 1 atom stereocenters. The summed E-state index contributed by atoms with van der Waals surface area (Å²) in [7, 11) is -5.71. The Balaban J connectivity index is 1.61. The lowest BCUT2D eigenvalue weighted by molar-refractivity contribution is -0.123. The van der Waals surface area contributed by atoms with Crippen LogP contribution in [-0.4, -0.2) is 72.1 Å². The van der Waals surface area contributed by atoms with Gasteiger partial charge in [0.25, 0.3) is 0 Å². The highest BCUT2D eigenvalue weighted by atomic mass is 31.2. The Labute approximate surface area is 219 Å². The summed E-state index contributed by atoms with van der Waals surface area (Å²) in [6.45, 7) is 4.11. The molecule has 0 aliphatic carbocycles. The van der Waals surface area contributed by atoms with E-state index in [9.17, 15) is 22.9 Å². The van der Waals surface area contributed by atoms with E-state index in [4.69, 9.17) is 19.3 Å². The molecule has 3 rings (SSSR count). The predicted molar refractivity (Wildman–Crippen MR) is 135 cm³/mol. The van der Waals surface area contributed by atoms with Gasteiger partial charge < -0.3 is 29.9 Å². The number of carbonyl (C=O) groups excluding carboxylic acids is 2. The molecule has 1 heterocycles. The van der Waals surface area contributed by atoms with Gasteiger partial charge in [-0.1, -0.05) is 54.6 Å². The maximum atomic E-state index is 14.0. The van der Waals surface area contributed by atoms with E-state index in [0.29, 0.717) is 31.7 Å².